The number of ether oxygens (including phenoxy) is 1. The van der Waals surface area contributed by atoms with Crippen molar-refractivity contribution in [1.29, 1.82) is 5.26 Å². The largest absolute Gasteiger partial charge is 0.496 e. The molecule has 1 rings (SSSR count). The lowest BCUT2D eigenvalue weighted by Crippen LogP contribution is -2.26. The monoisotopic (exact) mass is 260 g/mol. The van der Waals surface area contributed by atoms with Crippen LogP contribution in [0, 0.1) is 38.0 Å². The maximum atomic E-state index is 9.34. The molecule has 0 heterocycles. The number of benzene rings is 1. The Morgan fingerprint density at radius 3 is 2.37 bits per heavy atom. The van der Waals surface area contributed by atoms with E-state index in [1.54, 1.807) is 7.11 Å². The number of rotatable bonds is 5. The van der Waals surface area contributed by atoms with Crippen LogP contribution < -0.4 is 10.1 Å². The normalized spacial score (nSPS) is 13.7. The standard InChI is InChI=1S/C16H24N2O/c1-7-13(9-17)15(18-5)14-11(3)8-10(2)12(4)16(14)19-6/h8,13,15,18H,7H2,1-6H3. The molecule has 0 aromatic heterocycles. The summed E-state index contributed by atoms with van der Waals surface area (Å²) < 4.78 is 5.61. The van der Waals surface area contributed by atoms with Gasteiger partial charge in [0.1, 0.15) is 5.75 Å². The van der Waals surface area contributed by atoms with Gasteiger partial charge >= 0.3 is 0 Å². The minimum atomic E-state index is -0.0558. The lowest BCUT2D eigenvalue weighted by Gasteiger charge is -2.26. The van der Waals surface area contributed by atoms with Crippen LogP contribution in [0.5, 0.6) is 5.75 Å². The topological polar surface area (TPSA) is 45.0 Å². The van der Waals surface area contributed by atoms with Crippen molar-refractivity contribution in [3.63, 3.8) is 0 Å². The minimum absolute atomic E-state index is 0.00394. The molecule has 0 fully saturated rings. The Hall–Kier alpha value is -1.53. The van der Waals surface area contributed by atoms with E-state index in [-0.39, 0.29) is 12.0 Å². The van der Waals surface area contributed by atoms with Crippen molar-refractivity contribution in [2.45, 2.75) is 40.2 Å². The van der Waals surface area contributed by atoms with Gasteiger partial charge in [-0.25, -0.2) is 0 Å². The van der Waals surface area contributed by atoms with Crippen LogP contribution in [0.3, 0.4) is 0 Å². The molecule has 3 nitrogen and oxygen atoms in total. The molecule has 0 aliphatic carbocycles. The van der Waals surface area contributed by atoms with Crippen molar-refractivity contribution in [1.82, 2.24) is 5.32 Å². The third kappa shape index (κ3) is 2.90. The molecule has 1 aromatic rings. The number of methoxy groups -OCH3 is 1. The number of aryl methyl sites for hydroxylation is 2. The van der Waals surface area contributed by atoms with Crippen molar-refractivity contribution in [2.24, 2.45) is 5.92 Å². The fraction of sp³-hybridized carbons (Fsp3) is 0.562. The highest BCUT2D eigenvalue weighted by molar-refractivity contribution is 5.51. The first-order valence-electron chi connectivity index (χ1n) is 6.73. The Morgan fingerprint density at radius 1 is 1.32 bits per heavy atom. The van der Waals surface area contributed by atoms with Gasteiger partial charge in [0, 0.05) is 5.56 Å². The van der Waals surface area contributed by atoms with E-state index in [4.69, 9.17) is 4.74 Å². The van der Waals surface area contributed by atoms with E-state index in [9.17, 15) is 5.26 Å². The number of nitrogens with zero attached hydrogens (tertiary/aromatic N) is 1. The summed E-state index contributed by atoms with van der Waals surface area (Å²) in [5.41, 5.74) is 4.66. The highest BCUT2D eigenvalue weighted by Gasteiger charge is 2.26. The van der Waals surface area contributed by atoms with Crippen LogP contribution >= 0.6 is 0 Å². The molecule has 1 aromatic carbocycles. The van der Waals surface area contributed by atoms with Crippen LogP contribution in [0.15, 0.2) is 6.07 Å². The molecule has 2 unspecified atom stereocenters. The Bertz CT molecular complexity index is 489. The van der Waals surface area contributed by atoms with Gasteiger partial charge < -0.3 is 10.1 Å². The fourth-order valence-electron chi connectivity index (χ4n) is 2.67. The summed E-state index contributed by atoms with van der Waals surface area (Å²) in [6.45, 7) is 8.28. The van der Waals surface area contributed by atoms with Crippen molar-refractivity contribution in [3.8, 4) is 11.8 Å². The van der Waals surface area contributed by atoms with E-state index >= 15 is 0 Å². The Morgan fingerprint density at radius 2 is 1.95 bits per heavy atom. The summed E-state index contributed by atoms with van der Waals surface area (Å²) >= 11 is 0. The zero-order valence-electron chi connectivity index (χ0n) is 12.8. The van der Waals surface area contributed by atoms with E-state index < -0.39 is 0 Å². The molecular weight excluding hydrogens is 236 g/mol. The number of hydrogen-bond donors (Lipinski definition) is 1. The predicted molar refractivity (Wildman–Crippen MR) is 78.4 cm³/mol. The highest BCUT2D eigenvalue weighted by Crippen LogP contribution is 2.37. The zero-order chi connectivity index (χ0) is 14.6. The van der Waals surface area contributed by atoms with Gasteiger partial charge in [-0.05, 0) is 50.9 Å². The van der Waals surface area contributed by atoms with Crippen LogP contribution in [0.2, 0.25) is 0 Å². The molecule has 19 heavy (non-hydrogen) atoms. The van der Waals surface area contributed by atoms with Gasteiger partial charge in [0.25, 0.3) is 0 Å². The molecule has 0 saturated heterocycles. The van der Waals surface area contributed by atoms with E-state index in [1.807, 2.05) is 14.0 Å². The summed E-state index contributed by atoms with van der Waals surface area (Å²) in [6.07, 6.45) is 0.817. The Kier molecular flexibility index (Phi) is 5.38. The van der Waals surface area contributed by atoms with E-state index in [0.717, 1.165) is 23.3 Å². The number of hydrogen-bond acceptors (Lipinski definition) is 3. The molecule has 0 aliphatic heterocycles. The molecule has 2 atom stereocenters. The van der Waals surface area contributed by atoms with Gasteiger partial charge in [-0.2, -0.15) is 5.26 Å². The van der Waals surface area contributed by atoms with Crippen LogP contribution in [0.25, 0.3) is 0 Å². The quantitative estimate of drug-likeness (QED) is 0.882. The van der Waals surface area contributed by atoms with Gasteiger partial charge in [0.05, 0.1) is 25.1 Å². The second-order valence-corrected chi connectivity index (χ2v) is 4.99. The van der Waals surface area contributed by atoms with Crippen LogP contribution in [0.1, 0.15) is 41.6 Å². The average molecular weight is 260 g/mol. The average Bonchev–Trinajstić information content (AvgIpc) is 2.40. The Labute approximate surface area is 116 Å². The van der Waals surface area contributed by atoms with Gasteiger partial charge in [0.15, 0.2) is 0 Å². The van der Waals surface area contributed by atoms with Crippen molar-refractivity contribution < 1.29 is 4.74 Å². The molecule has 0 radical (unpaired) electrons. The lowest BCUT2D eigenvalue weighted by atomic mass is 9.86. The lowest BCUT2D eigenvalue weighted by molar-refractivity contribution is 0.380. The molecule has 0 spiro atoms. The molecule has 0 aliphatic rings. The summed E-state index contributed by atoms with van der Waals surface area (Å²) in [5, 5.41) is 12.6. The van der Waals surface area contributed by atoms with E-state index in [1.165, 1.54) is 11.1 Å². The highest BCUT2D eigenvalue weighted by atomic mass is 16.5. The van der Waals surface area contributed by atoms with Crippen LogP contribution in [0.4, 0.5) is 0 Å². The van der Waals surface area contributed by atoms with Crippen molar-refractivity contribution in [3.05, 3.63) is 28.3 Å². The molecule has 0 amide bonds. The van der Waals surface area contributed by atoms with E-state index in [0.29, 0.717) is 0 Å². The summed E-state index contributed by atoms with van der Waals surface area (Å²) in [7, 11) is 3.60. The molecule has 1 N–H and O–H groups in total. The van der Waals surface area contributed by atoms with Gasteiger partial charge in [-0.15, -0.1) is 0 Å². The number of nitriles is 1. The predicted octanol–water partition coefficient (Wildman–Crippen LogP) is 3.43. The molecule has 0 bridgehead atoms. The summed E-state index contributed by atoms with van der Waals surface area (Å²) in [6, 6.07) is 4.57. The van der Waals surface area contributed by atoms with Crippen LogP contribution in [-0.2, 0) is 0 Å². The molecular formula is C16H24N2O. The van der Waals surface area contributed by atoms with Gasteiger partial charge in [-0.1, -0.05) is 13.0 Å². The molecule has 3 heteroatoms. The van der Waals surface area contributed by atoms with Crippen LogP contribution in [-0.4, -0.2) is 14.2 Å². The maximum Gasteiger partial charge on any atom is 0.127 e. The van der Waals surface area contributed by atoms with Crippen molar-refractivity contribution >= 4 is 0 Å². The SMILES string of the molecule is CCC(C#N)C(NC)c1c(C)cc(C)c(C)c1OC. The minimum Gasteiger partial charge on any atom is -0.496 e. The molecule has 104 valence electrons. The van der Waals surface area contributed by atoms with Gasteiger partial charge in [0.2, 0.25) is 0 Å². The third-order valence-corrected chi connectivity index (χ3v) is 3.87. The van der Waals surface area contributed by atoms with Crippen molar-refractivity contribution in [2.75, 3.05) is 14.2 Å². The Balaban J connectivity index is 3.47. The van der Waals surface area contributed by atoms with E-state index in [2.05, 4.69) is 38.2 Å². The summed E-state index contributed by atoms with van der Waals surface area (Å²) in [4.78, 5) is 0. The first kappa shape index (κ1) is 15.5. The third-order valence-electron chi connectivity index (χ3n) is 3.87. The first-order chi connectivity index (χ1) is 9.01. The number of nitrogens with one attached hydrogen (secondary N) is 1. The second kappa shape index (κ2) is 6.58. The second-order valence-electron chi connectivity index (χ2n) is 4.99. The smallest absolute Gasteiger partial charge is 0.127 e. The maximum absolute atomic E-state index is 9.34. The molecule has 0 saturated carbocycles. The first-order valence-corrected chi connectivity index (χ1v) is 6.73. The zero-order valence-corrected chi connectivity index (χ0v) is 12.8. The summed E-state index contributed by atoms with van der Waals surface area (Å²) in [5.74, 6) is 0.852. The van der Waals surface area contributed by atoms with Gasteiger partial charge in [-0.3, -0.25) is 0 Å². The fourth-order valence-corrected chi connectivity index (χ4v) is 2.67.